The number of para-hydroxylation sites is 1. The molecule has 2 N–H and O–H groups in total. The molecule has 1 aromatic carbocycles. The number of anilines is 1. The first-order chi connectivity index (χ1) is 8.16. The lowest BCUT2D eigenvalue weighted by atomic mass is 10.1. The number of fused-ring (bicyclic) bond motifs is 1. The standard InChI is InChI=1S/C14H18N2O/c1-14(8-9-14)16-12-7-6-10-4-2-3-5-11(10)15-13(12)17/h2-5,12,16H,6-9H2,1H3,(H,15,17). The summed E-state index contributed by atoms with van der Waals surface area (Å²) >= 11 is 0. The molecule has 1 heterocycles. The normalized spacial score (nSPS) is 25.7. The van der Waals surface area contributed by atoms with Crippen LogP contribution in [0.15, 0.2) is 24.3 Å². The van der Waals surface area contributed by atoms with Gasteiger partial charge in [0.05, 0.1) is 6.04 Å². The van der Waals surface area contributed by atoms with Crippen LogP contribution in [0.1, 0.15) is 31.7 Å². The van der Waals surface area contributed by atoms with Crippen LogP contribution in [0.3, 0.4) is 0 Å². The van der Waals surface area contributed by atoms with Crippen molar-refractivity contribution in [2.24, 2.45) is 0 Å². The second-order valence-corrected chi connectivity index (χ2v) is 5.44. The molecule has 2 aliphatic rings. The number of benzene rings is 1. The van der Waals surface area contributed by atoms with E-state index in [0.717, 1.165) is 18.5 Å². The average Bonchev–Trinajstić information content (AvgIpc) is 3.05. The van der Waals surface area contributed by atoms with Gasteiger partial charge in [0, 0.05) is 11.2 Å². The van der Waals surface area contributed by atoms with E-state index in [1.165, 1.54) is 18.4 Å². The van der Waals surface area contributed by atoms with Crippen molar-refractivity contribution >= 4 is 11.6 Å². The van der Waals surface area contributed by atoms with E-state index in [1.54, 1.807) is 0 Å². The van der Waals surface area contributed by atoms with Crippen LogP contribution in [0.2, 0.25) is 0 Å². The number of amides is 1. The SMILES string of the molecule is CC1(NC2CCc3ccccc3NC2=O)CC1. The van der Waals surface area contributed by atoms with Crippen molar-refractivity contribution in [1.29, 1.82) is 0 Å². The minimum atomic E-state index is -0.0464. The topological polar surface area (TPSA) is 41.1 Å². The van der Waals surface area contributed by atoms with Crippen LogP contribution in [0, 0.1) is 0 Å². The van der Waals surface area contributed by atoms with Gasteiger partial charge in [-0.3, -0.25) is 4.79 Å². The molecule has 3 nitrogen and oxygen atoms in total. The van der Waals surface area contributed by atoms with Gasteiger partial charge in [-0.05, 0) is 44.2 Å². The Labute approximate surface area is 102 Å². The molecule has 90 valence electrons. The lowest BCUT2D eigenvalue weighted by Crippen LogP contribution is -2.45. The largest absolute Gasteiger partial charge is 0.324 e. The molecule has 1 unspecified atom stereocenters. The molecule has 1 amide bonds. The quantitative estimate of drug-likeness (QED) is 0.816. The van der Waals surface area contributed by atoms with Gasteiger partial charge >= 0.3 is 0 Å². The Morgan fingerprint density at radius 2 is 2.12 bits per heavy atom. The van der Waals surface area contributed by atoms with Crippen LogP contribution in [0.25, 0.3) is 0 Å². The summed E-state index contributed by atoms with van der Waals surface area (Å²) in [6.07, 6.45) is 4.22. The van der Waals surface area contributed by atoms with Gasteiger partial charge in [0.1, 0.15) is 0 Å². The van der Waals surface area contributed by atoms with Crippen LogP contribution < -0.4 is 10.6 Å². The Bertz CT molecular complexity index is 451. The average molecular weight is 230 g/mol. The molecular weight excluding hydrogens is 212 g/mol. The summed E-state index contributed by atoms with van der Waals surface area (Å²) in [5, 5.41) is 6.50. The van der Waals surface area contributed by atoms with Gasteiger partial charge in [-0.1, -0.05) is 18.2 Å². The lowest BCUT2D eigenvalue weighted by molar-refractivity contribution is -0.118. The van der Waals surface area contributed by atoms with Crippen LogP contribution in [-0.4, -0.2) is 17.5 Å². The van der Waals surface area contributed by atoms with Gasteiger partial charge in [-0.2, -0.15) is 0 Å². The van der Waals surface area contributed by atoms with E-state index in [9.17, 15) is 4.79 Å². The molecule has 1 fully saturated rings. The first-order valence-electron chi connectivity index (χ1n) is 6.33. The monoisotopic (exact) mass is 230 g/mol. The summed E-state index contributed by atoms with van der Waals surface area (Å²) in [6, 6.07) is 8.02. The minimum Gasteiger partial charge on any atom is -0.324 e. The van der Waals surface area contributed by atoms with Crippen molar-refractivity contribution in [3.05, 3.63) is 29.8 Å². The number of aryl methyl sites for hydroxylation is 1. The van der Waals surface area contributed by atoms with Gasteiger partial charge < -0.3 is 10.6 Å². The Morgan fingerprint density at radius 1 is 1.35 bits per heavy atom. The van der Waals surface area contributed by atoms with Gasteiger partial charge in [-0.25, -0.2) is 0 Å². The Morgan fingerprint density at radius 3 is 2.88 bits per heavy atom. The second kappa shape index (κ2) is 3.84. The molecule has 1 atom stereocenters. The maximum Gasteiger partial charge on any atom is 0.241 e. The van der Waals surface area contributed by atoms with Crippen LogP contribution in [-0.2, 0) is 11.2 Å². The fourth-order valence-electron chi connectivity index (χ4n) is 2.40. The van der Waals surface area contributed by atoms with E-state index in [-0.39, 0.29) is 17.5 Å². The summed E-state index contributed by atoms with van der Waals surface area (Å²) in [6.45, 7) is 2.19. The number of rotatable bonds is 2. The van der Waals surface area contributed by atoms with Crippen LogP contribution >= 0.6 is 0 Å². The molecule has 1 aliphatic carbocycles. The number of hydrogen-bond acceptors (Lipinski definition) is 2. The predicted octanol–water partition coefficient (Wildman–Crippen LogP) is 2.08. The highest BCUT2D eigenvalue weighted by atomic mass is 16.2. The molecule has 0 aromatic heterocycles. The Kier molecular flexibility index (Phi) is 2.44. The van der Waals surface area contributed by atoms with E-state index in [4.69, 9.17) is 0 Å². The highest BCUT2D eigenvalue weighted by Crippen LogP contribution is 2.35. The zero-order valence-corrected chi connectivity index (χ0v) is 10.1. The fraction of sp³-hybridized carbons (Fsp3) is 0.500. The number of hydrogen-bond donors (Lipinski definition) is 2. The first kappa shape index (κ1) is 10.8. The smallest absolute Gasteiger partial charge is 0.241 e. The third-order valence-electron chi connectivity index (χ3n) is 3.82. The molecule has 17 heavy (non-hydrogen) atoms. The second-order valence-electron chi connectivity index (χ2n) is 5.44. The Balaban J connectivity index is 1.77. The molecule has 0 saturated heterocycles. The molecule has 1 aliphatic heterocycles. The highest BCUT2D eigenvalue weighted by molar-refractivity contribution is 5.96. The van der Waals surface area contributed by atoms with E-state index in [1.807, 2.05) is 18.2 Å². The van der Waals surface area contributed by atoms with Gasteiger partial charge in [0.2, 0.25) is 5.91 Å². The lowest BCUT2D eigenvalue weighted by Gasteiger charge is -2.20. The molecule has 3 heteroatoms. The maximum atomic E-state index is 12.1. The zero-order valence-electron chi connectivity index (χ0n) is 10.1. The summed E-state index contributed by atoms with van der Waals surface area (Å²) in [5.41, 5.74) is 2.42. The van der Waals surface area contributed by atoms with Crippen molar-refractivity contribution in [1.82, 2.24) is 5.32 Å². The fourth-order valence-corrected chi connectivity index (χ4v) is 2.40. The molecule has 1 aromatic rings. The first-order valence-corrected chi connectivity index (χ1v) is 6.33. The van der Waals surface area contributed by atoms with Gasteiger partial charge in [0.15, 0.2) is 0 Å². The summed E-state index contributed by atoms with van der Waals surface area (Å²) in [4.78, 5) is 12.1. The molecule has 0 radical (unpaired) electrons. The third-order valence-corrected chi connectivity index (χ3v) is 3.82. The molecule has 0 spiro atoms. The highest BCUT2D eigenvalue weighted by Gasteiger charge is 2.40. The number of carbonyl (C=O) groups excluding carboxylic acids is 1. The number of nitrogens with one attached hydrogen (secondary N) is 2. The van der Waals surface area contributed by atoms with E-state index < -0.39 is 0 Å². The summed E-state index contributed by atoms with van der Waals surface area (Å²) in [7, 11) is 0. The van der Waals surface area contributed by atoms with Gasteiger partial charge in [-0.15, -0.1) is 0 Å². The molecule has 1 saturated carbocycles. The van der Waals surface area contributed by atoms with Crippen molar-refractivity contribution in [3.63, 3.8) is 0 Å². The number of carbonyl (C=O) groups is 1. The Hall–Kier alpha value is -1.35. The minimum absolute atomic E-state index is 0.0464. The predicted molar refractivity (Wildman–Crippen MR) is 68.0 cm³/mol. The van der Waals surface area contributed by atoms with Crippen molar-refractivity contribution in [2.45, 2.75) is 44.2 Å². The summed E-state index contributed by atoms with van der Waals surface area (Å²) < 4.78 is 0. The van der Waals surface area contributed by atoms with Crippen molar-refractivity contribution in [2.75, 3.05) is 5.32 Å². The third kappa shape index (κ3) is 2.20. The zero-order chi connectivity index (χ0) is 11.9. The van der Waals surface area contributed by atoms with E-state index >= 15 is 0 Å². The van der Waals surface area contributed by atoms with E-state index in [2.05, 4.69) is 23.6 Å². The van der Waals surface area contributed by atoms with Crippen molar-refractivity contribution < 1.29 is 4.79 Å². The van der Waals surface area contributed by atoms with E-state index in [0.29, 0.717) is 0 Å². The summed E-state index contributed by atoms with van der Waals surface area (Å²) in [5.74, 6) is 0.114. The maximum absolute atomic E-state index is 12.1. The molecule has 3 rings (SSSR count). The molecular formula is C14H18N2O. The molecule has 0 bridgehead atoms. The van der Waals surface area contributed by atoms with Crippen LogP contribution in [0.5, 0.6) is 0 Å². The van der Waals surface area contributed by atoms with Crippen molar-refractivity contribution in [3.8, 4) is 0 Å². The van der Waals surface area contributed by atoms with Crippen LogP contribution in [0.4, 0.5) is 5.69 Å². The van der Waals surface area contributed by atoms with Gasteiger partial charge in [0.25, 0.3) is 0 Å².